The van der Waals surface area contributed by atoms with Gasteiger partial charge in [-0.2, -0.15) is 0 Å². The van der Waals surface area contributed by atoms with E-state index in [1.807, 2.05) is 0 Å². The van der Waals surface area contributed by atoms with Crippen LogP contribution in [0.2, 0.25) is 0 Å². The number of carboxylic acids is 2. The fraction of sp³-hybridized carbons (Fsp3) is 0.585. The summed E-state index contributed by atoms with van der Waals surface area (Å²) in [4.78, 5) is 143. The Kier molecular flexibility index (Phi) is 22.7. The number of carbonyl (C=O) groups excluding carboxylic acids is 9. The number of nitrogens with two attached hydrogens (primary N) is 2. The zero-order valence-electron chi connectivity index (χ0n) is 37.0. The summed E-state index contributed by atoms with van der Waals surface area (Å²) in [7, 11) is -2.16. The molecule has 0 radical (unpaired) electrons. The minimum Gasteiger partial charge on any atom is -0.508 e. The monoisotopic (exact) mass is 951 g/mol. The molecule has 0 saturated carbocycles. The number of benzene rings is 1. The molecule has 0 aromatic heterocycles. The highest BCUT2D eigenvalue weighted by atomic mass is 32.2. The second kappa shape index (κ2) is 27.0. The summed E-state index contributed by atoms with van der Waals surface area (Å²) in [6.07, 6.45) is -3.14. The van der Waals surface area contributed by atoms with E-state index >= 15 is 0 Å². The lowest BCUT2D eigenvalue weighted by Gasteiger charge is -2.33. The minimum atomic E-state index is -2.16. The summed E-state index contributed by atoms with van der Waals surface area (Å²) in [5.74, 6) is -13.1. The van der Waals surface area contributed by atoms with Crippen LogP contribution >= 0.6 is 0 Å². The van der Waals surface area contributed by atoms with E-state index in [2.05, 4.69) is 37.2 Å². The smallest absolute Gasteiger partial charge is 0.303 e. The van der Waals surface area contributed by atoms with Crippen molar-refractivity contribution in [3.05, 3.63) is 29.8 Å². The number of hydrogen-bond donors (Lipinski definition) is 12. The van der Waals surface area contributed by atoms with Crippen LogP contribution in [0.3, 0.4) is 0 Å². The molecule has 2 rings (SSSR count). The molecule has 0 bridgehead atoms. The highest BCUT2D eigenvalue weighted by Crippen LogP contribution is 2.18. The molecule has 1 aliphatic rings. The van der Waals surface area contributed by atoms with Crippen LogP contribution in [0.25, 0.3) is 0 Å². The number of amides is 9. The molecule has 1 saturated heterocycles. The third-order valence-electron chi connectivity index (χ3n) is 10.1. The molecule has 7 atom stereocenters. The molecular formula is C41H61N9O15S. The van der Waals surface area contributed by atoms with Crippen molar-refractivity contribution in [2.45, 2.75) is 127 Å². The third kappa shape index (κ3) is 20.5. The Bertz CT molecular complexity index is 1980. The van der Waals surface area contributed by atoms with Gasteiger partial charge in [0.1, 0.15) is 47.3 Å². The van der Waals surface area contributed by atoms with Crippen molar-refractivity contribution in [2.75, 3.05) is 18.1 Å². The Labute approximate surface area is 382 Å². The number of nitrogens with one attached hydrogen (secondary N) is 7. The largest absolute Gasteiger partial charge is 0.508 e. The summed E-state index contributed by atoms with van der Waals surface area (Å²) in [6.45, 7) is 4.47. The molecule has 25 heteroatoms. The van der Waals surface area contributed by atoms with Gasteiger partial charge in [0.15, 0.2) is 0 Å². The molecule has 1 fully saturated rings. The lowest BCUT2D eigenvalue weighted by atomic mass is 9.92. The van der Waals surface area contributed by atoms with Gasteiger partial charge in [-0.3, -0.25) is 56.9 Å². The SMILES string of the molecule is CC(C)C[C@@H]1NC(=O)[C@H](CCCC(=O)O)NC(=O)C[S@@](=O)C[C@@H](C(N)=O)NC(=O)CCCCNC(=O)[C@H](CC(N)=O)NC(=O)[C@](C)(CCC(=O)O)NC(=O)[C@H](Cc2ccc(O)cc2)NC1=O. The first-order chi connectivity index (χ1) is 30.9. The van der Waals surface area contributed by atoms with Crippen LogP contribution in [0.5, 0.6) is 5.75 Å². The lowest BCUT2D eigenvalue weighted by Crippen LogP contribution is -2.64. The van der Waals surface area contributed by atoms with E-state index in [1.54, 1.807) is 13.8 Å². The van der Waals surface area contributed by atoms with Crippen molar-refractivity contribution in [1.82, 2.24) is 37.2 Å². The van der Waals surface area contributed by atoms with E-state index in [-0.39, 0.29) is 63.2 Å². The van der Waals surface area contributed by atoms with E-state index in [4.69, 9.17) is 11.5 Å². The van der Waals surface area contributed by atoms with Crippen molar-refractivity contribution >= 4 is 75.9 Å². The van der Waals surface area contributed by atoms with Gasteiger partial charge in [-0.25, -0.2) is 0 Å². The lowest BCUT2D eigenvalue weighted by molar-refractivity contribution is -0.141. The molecule has 66 heavy (non-hydrogen) atoms. The van der Waals surface area contributed by atoms with Crippen molar-refractivity contribution in [2.24, 2.45) is 17.4 Å². The Hall–Kier alpha value is -6.66. The summed E-state index contributed by atoms with van der Waals surface area (Å²) in [5, 5.41) is 45.9. The van der Waals surface area contributed by atoms with Crippen molar-refractivity contribution in [1.29, 1.82) is 0 Å². The van der Waals surface area contributed by atoms with Gasteiger partial charge in [-0.1, -0.05) is 26.0 Å². The summed E-state index contributed by atoms with van der Waals surface area (Å²) >= 11 is 0. The zero-order chi connectivity index (χ0) is 49.7. The van der Waals surface area contributed by atoms with Crippen LogP contribution in [-0.2, 0) is 70.0 Å². The Balaban J connectivity index is 2.69. The predicted octanol–water partition coefficient (Wildman–Crippen LogP) is -3.19. The second-order valence-corrected chi connectivity index (χ2v) is 18.0. The summed E-state index contributed by atoms with van der Waals surface area (Å²) in [6, 6.07) is -2.16. The zero-order valence-corrected chi connectivity index (χ0v) is 37.8. The van der Waals surface area contributed by atoms with E-state index < -0.39 is 149 Å². The highest BCUT2D eigenvalue weighted by molar-refractivity contribution is 7.85. The maximum atomic E-state index is 14.3. The van der Waals surface area contributed by atoms with Gasteiger partial charge in [0.05, 0.1) is 12.2 Å². The standard InChI is InChI=1S/C41H61N9O15S/c1-22(2)17-26-38(62)48-27(18-23-10-12-24(51)13-11-23)39(63)50-41(3,15-14-34(57)58)40(64)49-28(19-30(42)52)36(60)44-16-5-4-8-31(53)46-29(35(43)59)20-66(65)21-32(54)45-25(37(61)47-26)7-6-9-33(55)56/h10-13,22,25-29,51H,4-9,14-21H2,1-3H3,(H2,42,52)(H2,43,59)(H,44,60)(H,45,54)(H,46,53)(H,47,61)(H,48,62)(H,49,64)(H,50,63)(H,55,56)(H,57,58)/t25-,26-,27-,28-,29-,41-,66-/m0/s1. The van der Waals surface area contributed by atoms with E-state index in [1.165, 1.54) is 24.3 Å². The minimum absolute atomic E-state index is 0.0623. The Morgan fingerprint density at radius 2 is 1.39 bits per heavy atom. The molecule has 0 unspecified atom stereocenters. The number of phenols is 1. The van der Waals surface area contributed by atoms with Gasteiger partial charge < -0.3 is 64.0 Å². The molecule has 1 aromatic rings. The van der Waals surface area contributed by atoms with Crippen LogP contribution < -0.4 is 48.7 Å². The van der Waals surface area contributed by atoms with Crippen molar-refractivity contribution < 1.29 is 72.3 Å². The Morgan fingerprint density at radius 1 is 0.773 bits per heavy atom. The molecule has 14 N–H and O–H groups in total. The number of aromatic hydroxyl groups is 1. The maximum Gasteiger partial charge on any atom is 0.303 e. The molecule has 24 nitrogen and oxygen atoms in total. The van der Waals surface area contributed by atoms with Crippen LogP contribution in [0.4, 0.5) is 0 Å². The third-order valence-corrected chi connectivity index (χ3v) is 11.4. The van der Waals surface area contributed by atoms with E-state index in [9.17, 15) is 72.3 Å². The second-order valence-electron chi connectivity index (χ2n) is 16.5. The predicted molar refractivity (Wildman–Crippen MR) is 234 cm³/mol. The number of carbonyl (C=O) groups is 11. The average Bonchev–Trinajstić information content (AvgIpc) is 3.21. The maximum absolute atomic E-state index is 14.3. The number of carboxylic acid groups (broad SMARTS) is 2. The first kappa shape index (κ1) is 55.5. The molecule has 0 spiro atoms. The van der Waals surface area contributed by atoms with Gasteiger partial charge >= 0.3 is 11.9 Å². The van der Waals surface area contributed by atoms with Crippen LogP contribution in [-0.4, -0.2) is 138 Å². The highest BCUT2D eigenvalue weighted by Gasteiger charge is 2.40. The summed E-state index contributed by atoms with van der Waals surface area (Å²) in [5.41, 5.74) is 9.05. The van der Waals surface area contributed by atoms with Crippen LogP contribution in [0, 0.1) is 5.92 Å². The number of hydrogen-bond acceptors (Lipinski definition) is 13. The van der Waals surface area contributed by atoms with Gasteiger partial charge in [-0.05, 0) is 69.1 Å². The topological polar surface area (TPSA) is 402 Å². The molecule has 1 aliphatic heterocycles. The molecule has 9 amide bonds. The Morgan fingerprint density at radius 3 is 1.98 bits per heavy atom. The molecule has 1 aromatic carbocycles. The fourth-order valence-corrected chi connectivity index (χ4v) is 7.67. The molecule has 0 aliphatic carbocycles. The normalized spacial score (nSPS) is 25.1. The number of phenolic OH excluding ortho intramolecular Hbond substituents is 1. The van der Waals surface area contributed by atoms with Gasteiger partial charge in [0.25, 0.3) is 0 Å². The number of aliphatic carboxylic acids is 2. The molecule has 1 heterocycles. The van der Waals surface area contributed by atoms with Gasteiger partial charge in [0, 0.05) is 43.0 Å². The van der Waals surface area contributed by atoms with Gasteiger partial charge in [0.2, 0.25) is 53.2 Å². The number of rotatable bonds is 14. The molecule has 366 valence electrons. The fourth-order valence-electron chi connectivity index (χ4n) is 6.56. The van der Waals surface area contributed by atoms with Gasteiger partial charge in [-0.15, -0.1) is 0 Å². The van der Waals surface area contributed by atoms with Crippen LogP contribution in [0.1, 0.15) is 90.5 Å². The first-order valence-corrected chi connectivity index (χ1v) is 22.6. The van der Waals surface area contributed by atoms with E-state index in [0.29, 0.717) is 5.56 Å². The quantitative estimate of drug-likeness (QED) is 0.0874. The van der Waals surface area contributed by atoms with Crippen molar-refractivity contribution in [3.8, 4) is 5.75 Å². The summed E-state index contributed by atoms with van der Waals surface area (Å²) < 4.78 is 13.1. The molecular weight excluding hydrogens is 891 g/mol. The van der Waals surface area contributed by atoms with E-state index in [0.717, 1.165) is 6.92 Å². The van der Waals surface area contributed by atoms with Crippen LogP contribution in [0.15, 0.2) is 24.3 Å². The van der Waals surface area contributed by atoms with Crippen molar-refractivity contribution in [3.63, 3.8) is 0 Å². The number of primary amides is 2. The first-order valence-electron chi connectivity index (χ1n) is 21.1. The average molecular weight is 952 g/mol.